The lowest BCUT2D eigenvalue weighted by atomic mass is 10.00. The van der Waals surface area contributed by atoms with Crippen molar-refractivity contribution in [2.24, 2.45) is 5.29 Å². The quantitative estimate of drug-likeness (QED) is 0.788. The van der Waals surface area contributed by atoms with Crippen molar-refractivity contribution in [3.05, 3.63) is 58.5 Å². The van der Waals surface area contributed by atoms with E-state index < -0.39 is 0 Å². The Morgan fingerprint density at radius 1 is 1.08 bits per heavy atom. The topological polar surface area (TPSA) is 60.4 Å². The highest BCUT2D eigenvalue weighted by molar-refractivity contribution is 5.49. The monoisotopic (exact) mass is 328 g/mol. The molecule has 0 saturated heterocycles. The maximum atomic E-state index is 11.1. The molecule has 6 nitrogen and oxygen atoms in total. The molecule has 1 heterocycles. The zero-order valence-corrected chi connectivity index (χ0v) is 13.8. The van der Waals surface area contributed by atoms with Gasteiger partial charge >= 0.3 is 0 Å². The second-order valence-corrected chi connectivity index (χ2v) is 5.57. The third kappa shape index (κ3) is 3.27. The molecule has 1 atom stereocenters. The fourth-order valence-corrected chi connectivity index (χ4v) is 2.92. The Kier molecular flexibility index (Phi) is 4.84. The maximum Gasteiger partial charge on any atom is 0.161 e. The molecule has 6 heteroatoms. The van der Waals surface area contributed by atoms with Crippen molar-refractivity contribution in [1.29, 1.82) is 0 Å². The lowest BCUT2D eigenvalue weighted by Gasteiger charge is -2.23. The Labute approximate surface area is 140 Å². The summed E-state index contributed by atoms with van der Waals surface area (Å²) < 4.78 is 16.9. The first-order valence-corrected chi connectivity index (χ1v) is 7.80. The number of methoxy groups -OCH3 is 2. The van der Waals surface area contributed by atoms with Gasteiger partial charge in [0.2, 0.25) is 0 Å². The molecule has 3 rings (SSSR count). The van der Waals surface area contributed by atoms with Gasteiger partial charge in [0, 0.05) is 12.1 Å². The summed E-state index contributed by atoms with van der Waals surface area (Å²) in [6.07, 6.45) is 0.373. The molecule has 0 aliphatic carbocycles. The summed E-state index contributed by atoms with van der Waals surface area (Å²) in [6, 6.07) is 13.4. The standard InChI is InChI=1S/C18H20N2O4/c1-22-16-10-13-8-9-20(19-21)12-18(15(13)11-17(16)23-2)24-14-6-4-3-5-7-14/h3-7,10-11,18H,8-9,12H2,1-2H3. The van der Waals surface area contributed by atoms with E-state index in [9.17, 15) is 4.91 Å². The minimum absolute atomic E-state index is 0.317. The summed E-state index contributed by atoms with van der Waals surface area (Å²) in [7, 11) is 3.21. The predicted octanol–water partition coefficient (Wildman–Crippen LogP) is 3.36. The zero-order chi connectivity index (χ0) is 16.9. The summed E-state index contributed by atoms with van der Waals surface area (Å²) >= 11 is 0. The second kappa shape index (κ2) is 7.21. The van der Waals surface area contributed by atoms with Gasteiger partial charge < -0.3 is 14.2 Å². The molecule has 24 heavy (non-hydrogen) atoms. The van der Waals surface area contributed by atoms with Crippen LogP contribution in [0.25, 0.3) is 0 Å². The number of hydrogen-bond donors (Lipinski definition) is 0. The third-order valence-electron chi connectivity index (χ3n) is 4.15. The van der Waals surface area contributed by atoms with Gasteiger partial charge in [0.15, 0.2) is 11.5 Å². The molecule has 2 aromatic carbocycles. The fraction of sp³-hybridized carbons (Fsp3) is 0.333. The largest absolute Gasteiger partial charge is 0.493 e. The van der Waals surface area contributed by atoms with E-state index in [1.807, 2.05) is 42.5 Å². The van der Waals surface area contributed by atoms with E-state index in [4.69, 9.17) is 14.2 Å². The van der Waals surface area contributed by atoms with Gasteiger partial charge in [-0.3, -0.25) is 5.01 Å². The van der Waals surface area contributed by atoms with Crippen LogP contribution in [-0.4, -0.2) is 32.3 Å². The van der Waals surface area contributed by atoms with Gasteiger partial charge in [-0.25, -0.2) is 0 Å². The summed E-state index contributed by atoms with van der Waals surface area (Å²) in [5.74, 6) is 2.06. The summed E-state index contributed by atoms with van der Waals surface area (Å²) in [6.45, 7) is 0.932. The van der Waals surface area contributed by atoms with Crippen LogP contribution in [0.4, 0.5) is 0 Å². The summed E-state index contributed by atoms with van der Waals surface area (Å²) in [4.78, 5) is 11.1. The Bertz CT molecular complexity index is 706. The van der Waals surface area contributed by atoms with E-state index in [1.54, 1.807) is 14.2 Å². The lowest BCUT2D eigenvalue weighted by Crippen LogP contribution is -2.25. The zero-order valence-electron chi connectivity index (χ0n) is 13.8. The normalized spacial score (nSPS) is 16.8. The van der Waals surface area contributed by atoms with Crippen molar-refractivity contribution >= 4 is 0 Å². The van der Waals surface area contributed by atoms with E-state index in [0.717, 1.165) is 16.9 Å². The Hall–Kier alpha value is -2.76. The van der Waals surface area contributed by atoms with E-state index in [-0.39, 0.29) is 6.10 Å². The first-order chi connectivity index (χ1) is 11.7. The van der Waals surface area contributed by atoms with Gasteiger partial charge in [-0.2, -0.15) is 0 Å². The number of ether oxygens (including phenoxy) is 3. The van der Waals surface area contributed by atoms with Crippen LogP contribution >= 0.6 is 0 Å². The molecule has 1 aliphatic heterocycles. The van der Waals surface area contributed by atoms with Crippen LogP contribution in [0.15, 0.2) is 47.8 Å². The van der Waals surface area contributed by atoms with Crippen molar-refractivity contribution in [2.75, 3.05) is 27.3 Å². The van der Waals surface area contributed by atoms with Crippen molar-refractivity contribution in [3.8, 4) is 17.2 Å². The highest BCUT2D eigenvalue weighted by atomic mass is 16.5. The molecule has 1 unspecified atom stereocenters. The molecule has 0 saturated carbocycles. The van der Waals surface area contributed by atoms with E-state index in [1.165, 1.54) is 5.01 Å². The van der Waals surface area contributed by atoms with Crippen LogP contribution in [0.5, 0.6) is 17.2 Å². The third-order valence-corrected chi connectivity index (χ3v) is 4.15. The van der Waals surface area contributed by atoms with Crippen LogP contribution < -0.4 is 14.2 Å². The number of rotatable bonds is 5. The molecule has 0 radical (unpaired) electrons. The Balaban J connectivity index is 2.01. The molecular weight excluding hydrogens is 308 g/mol. The number of nitrogens with zero attached hydrogens (tertiary/aromatic N) is 2. The van der Waals surface area contributed by atoms with Crippen LogP contribution in [0, 0.1) is 4.91 Å². The molecular formula is C18H20N2O4. The number of para-hydroxylation sites is 1. The first kappa shape index (κ1) is 16.1. The smallest absolute Gasteiger partial charge is 0.161 e. The Morgan fingerprint density at radius 3 is 2.46 bits per heavy atom. The molecule has 0 N–H and O–H groups in total. The number of benzene rings is 2. The van der Waals surface area contributed by atoms with Crippen molar-refractivity contribution in [3.63, 3.8) is 0 Å². The SMILES string of the molecule is COc1cc2c(cc1OC)C(Oc1ccccc1)CN(N=O)CC2. The molecule has 0 aromatic heterocycles. The van der Waals surface area contributed by atoms with Crippen molar-refractivity contribution in [1.82, 2.24) is 5.01 Å². The number of nitroso groups, excluding NO2 is 1. The average Bonchev–Trinajstić information content (AvgIpc) is 2.80. The van der Waals surface area contributed by atoms with E-state index in [0.29, 0.717) is 31.0 Å². The van der Waals surface area contributed by atoms with Crippen LogP contribution in [-0.2, 0) is 6.42 Å². The van der Waals surface area contributed by atoms with Gasteiger partial charge in [-0.05, 0) is 36.2 Å². The minimum Gasteiger partial charge on any atom is -0.493 e. The van der Waals surface area contributed by atoms with Crippen molar-refractivity contribution in [2.45, 2.75) is 12.5 Å². The van der Waals surface area contributed by atoms with Gasteiger partial charge in [0.25, 0.3) is 0 Å². The predicted molar refractivity (Wildman–Crippen MR) is 90.4 cm³/mol. The Morgan fingerprint density at radius 2 is 1.79 bits per heavy atom. The molecule has 1 aliphatic rings. The van der Waals surface area contributed by atoms with Gasteiger partial charge in [-0.15, -0.1) is 4.91 Å². The summed E-state index contributed by atoms with van der Waals surface area (Å²) in [5.41, 5.74) is 2.06. The van der Waals surface area contributed by atoms with Crippen LogP contribution in [0.1, 0.15) is 17.2 Å². The second-order valence-electron chi connectivity index (χ2n) is 5.57. The summed E-state index contributed by atoms with van der Waals surface area (Å²) in [5, 5.41) is 4.60. The van der Waals surface area contributed by atoms with Crippen molar-refractivity contribution < 1.29 is 14.2 Å². The maximum absolute atomic E-state index is 11.1. The number of fused-ring (bicyclic) bond motifs is 1. The van der Waals surface area contributed by atoms with Gasteiger partial charge in [0.05, 0.1) is 26.1 Å². The molecule has 0 amide bonds. The first-order valence-electron chi connectivity index (χ1n) is 7.80. The minimum atomic E-state index is -0.317. The van der Waals surface area contributed by atoms with Gasteiger partial charge in [0.1, 0.15) is 11.9 Å². The van der Waals surface area contributed by atoms with Gasteiger partial charge in [-0.1, -0.05) is 18.2 Å². The van der Waals surface area contributed by atoms with Crippen LogP contribution in [0.3, 0.4) is 0 Å². The van der Waals surface area contributed by atoms with Crippen LogP contribution in [0.2, 0.25) is 0 Å². The highest BCUT2D eigenvalue weighted by Crippen LogP contribution is 2.37. The van der Waals surface area contributed by atoms with E-state index in [2.05, 4.69) is 5.29 Å². The molecule has 2 aromatic rings. The fourth-order valence-electron chi connectivity index (χ4n) is 2.92. The molecule has 0 bridgehead atoms. The average molecular weight is 328 g/mol. The molecule has 126 valence electrons. The van der Waals surface area contributed by atoms with E-state index >= 15 is 0 Å². The molecule has 0 fully saturated rings. The number of hydrogen-bond acceptors (Lipinski definition) is 5. The lowest BCUT2D eigenvalue weighted by molar-refractivity contribution is 0.142. The highest BCUT2D eigenvalue weighted by Gasteiger charge is 2.27. The molecule has 0 spiro atoms.